The third-order valence-corrected chi connectivity index (χ3v) is 3.44. The quantitative estimate of drug-likeness (QED) is 0.897. The molecule has 0 bridgehead atoms. The van der Waals surface area contributed by atoms with E-state index in [-0.39, 0.29) is 12.2 Å². The van der Waals surface area contributed by atoms with Gasteiger partial charge in [-0.15, -0.1) is 0 Å². The van der Waals surface area contributed by atoms with Crippen LogP contribution >= 0.6 is 15.9 Å². The van der Waals surface area contributed by atoms with Crippen molar-refractivity contribution < 1.29 is 15.0 Å². The van der Waals surface area contributed by atoms with Gasteiger partial charge in [-0.05, 0) is 34.0 Å². The summed E-state index contributed by atoms with van der Waals surface area (Å²) in [6.07, 6.45) is 0.0219. The lowest BCUT2D eigenvalue weighted by Gasteiger charge is -2.25. The van der Waals surface area contributed by atoms with E-state index in [0.29, 0.717) is 4.47 Å². The van der Waals surface area contributed by atoms with Crippen LogP contribution in [0.15, 0.2) is 16.6 Å². The molecule has 0 aliphatic heterocycles. The largest absolute Gasteiger partial charge is 0.506 e. The number of aryl methyl sites for hydroxylation is 1. The molecule has 4 heteroatoms. The molecule has 0 aliphatic carbocycles. The highest BCUT2D eigenvalue weighted by molar-refractivity contribution is 9.10. The molecule has 1 aromatic rings. The molecule has 0 atom stereocenters. The van der Waals surface area contributed by atoms with E-state index in [0.717, 1.165) is 11.1 Å². The number of aliphatic carboxylic acids is 1. The van der Waals surface area contributed by atoms with Crippen LogP contribution < -0.4 is 0 Å². The first-order chi connectivity index (χ1) is 7.25. The molecule has 0 saturated carbocycles. The summed E-state index contributed by atoms with van der Waals surface area (Å²) in [6.45, 7) is 5.49. The Morgan fingerprint density at radius 3 is 2.50 bits per heavy atom. The molecule has 1 aromatic carbocycles. The highest BCUT2D eigenvalue weighted by Gasteiger charge is 2.27. The molecule has 0 amide bonds. The molecular formula is C12H15BrO3. The molecule has 0 spiro atoms. The topological polar surface area (TPSA) is 57.5 Å². The summed E-state index contributed by atoms with van der Waals surface area (Å²) in [7, 11) is 0. The number of carboxylic acids is 1. The van der Waals surface area contributed by atoms with Gasteiger partial charge in [0.25, 0.3) is 0 Å². The van der Waals surface area contributed by atoms with Crippen molar-refractivity contribution in [3.05, 3.63) is 27.7 Å². The van der Waals surface area contributed by atoms with E-state index in [1.807, 2.05) is 19.9 Å². The predicted octanol–water partition coefficient (Wildman–Crippen LogP) is 3.22. The Morgan fingerprint density at radius 1 is 1.44 bits per heavy atom. The number of hydrogen-bond acceptors (Lipinski definition) is 2. The molecule has 0 heterocycles. The van der Waals surface area contributed by atoms with Crippen molar-refractivity contribution in [2.75, 3.05) is 0 Å². The van der Waals surface area contributed by atoms with Gasteiger partial charge in [0, 0.05) is 5.41 Å². The lowest BCUT2D eigenvalue weighted by Crippen LogP contribution is -2.22. The van der Waals surface area contributed by atoms with Gasteiger partial charge in [0.05, 0.1) is 10.9 Å². The molecule has 16 heavy (non-hydrogen) atoms. The summed E-state index contributed by atoms with van der Waals surface area (Å²) in [5.41, 5.74) is 1.05. The van der Waals surface area contributed by atoms with Crippen molar-refractivity contribution in [1.29, 1.82) is 0 Å². The molecule has 0 radical (unpaired) electrons. The summed E-state index contributed by atoms with van der Waals surface area (Å²) < 4.78 is 0.582. The number of carboxylic acid groups (broad SMARTS) is 1. The maximum Gasteiger partial charge on any atom is 0.304 e. The Morgan fingerprint density at radius 2 is 2.00 bits per heavy atom. The predicted molar refractivity (Wildman–Crippen MR) is 65.8 cm³/mol. The number of phenolic OH excluding ortho intramolecular Hbond substituents is 1. The third-order valence-electron chi connectivity index (χ3n) is 2.64. The second-order valence-corrected chi connectivity index (χ2v) is 5.34. The molecule has 3 nitrogen and oxygen atoms in total. The van der Waals surface area contributed by atoms with Gasteiger partial charge in [-0.2, -0.15) is 0 Å². The Labute approximate surface area is 103 Å². The Hall–Kier alpha value is -1.03. The minimum absolute atomic E-state index is 0.0219. The van der Waals surface area contributed by atoms with E-state index in [1.54, 1.807) is 13.0 Å². The second kappa shape index (κ2) is 4.45. The fourth-order valence-electron chi connectivity index (χ4n) is 1.66. The van der Waals surface area contributed by atoms with Crippen LogP contribution in [0.25, 0.3) is 0 Å². The summed E-state index contributed by atoms with van der Waals surface area (Å²) in [5, 5.41) is 18.6. The maximum atomic E-state index is 10.8. The summed E-state index contributed by atoms with van der Waals surface area (Å²) >= 11 is 3.31. The lowest BCUT2D eigenvalue weighted by molar-refractivity contribution is -0.138. The zero-order valence-corrected chi connectivity index (χ0v) is 11.1. The standard InChI is InChI=1S/C12H15BrO3/c1-7-4-5-8(10(13)11(7)16)12(2,3)6-9(14)15/h4-5,16H,6H2,1-3H3,(H,14,15). The molecule has 88 valence electrons. The SMILES string of the molecule is Cc1ccc(C(C)(C)CC(=O)O)c(Br)c1O. The van der Waals surface area contributed by atoms with Gasteiger partial charge < -0.3 is 10.2 Å². The van der Waals surface area contributed by atoms with Gasteiger partial charge in [-0.25, -0.2) is 0 Å². The van der Waals surface area contributed by atoms with Gasteiger partial charge in [-0.3, -0.25) is 4.79 Å². The summed E-state index contributed by atoms with van der Waals surface area (Å²) in [5.74, 6) is -0.673. The number of carbonyl (C=O) groups is 1. The zero-order chi connectivity index (χ0) is 12.5. The van der Waals surface area contributed by atoms with Crippen molar-refractivity contribution in [2.24, 2.45) is 0 Å². The molecule has 0 saturated heterocycles. The van der Waals surface area contributed by atoms with E-state index in [9.17, 15) is 9.90 Å². The molecular weight excluding hydrogens is 272 g/mol. The third kappa shape index (κ3) is 2.55. The van der Waals surface area contributed by atoms with E-state index < -0.39 is 11.4 Å². The van der Waals surface area contributed by atoms with Crippen LogP contribution in [0.4, 0.5) is 0 Å². The summed E-state index contributed by atoms with van der Waals surface area (Å²) in [6, 6.07) is 3.64. The Balaban J connectivity index is 3.23. The lowest BCUT2D eigenvalue weighted by atomic mass is 9.81. The average Bonchev–Trinajstić information content (AvgIpc) is 2.11. The van der Waals surface area contributed by atoms with Crippen LogP contribution in [0.3, 0.4) is 0 Å². The van der Waals surface area contributed by atoms with Crippen molar-refractivity contribution in [1.82, 2.24) is 0 Å². The first kappa shape index (κ1) is 13.0. The van der Waals surface area contributed by atoms with E-state index in [4.69, 9.17) is 5.11 Å². The fourth-order valence-corrected chi connectivity index (χ4v) is 2.64. The second-order valence-electron chi connectivity index (χ2n) is 4.55. The first-order valence-electron chi connectivity index (χ1n) is 4.96. The van der Waals surface area contributed by atoms with Crippen LogP contribution in [0.1, 0.15) is 31.4 Å². The Kier molecular flexibility index (Phi) is 3.63. The van der Waals surface area contributed by atoms with E-state index in [1.165, 1.54) is 0 Å². The maximum absolute atomic E-state index is 10.8. The Bertz CT molecular complexity index is 425. The van der Waals surface area contributed by atoms with Crippen LogP contribution in [0, 0.1) is 6.92 Å². The molecule has 1 rings (SSSR count). The molecule has 2 N–H and O–H groups in total. The fraction of sp³-hybridized carbons (Fsp3) is 0.417. The minimum Gasteiger partial charge on any atom is -0.506 e. The van der Waals surface area contributed by atoms with Crippen LogP contribution in [-0.4, -0.2) is 16.2 Å². The van der Waals surface area contributed by atoms with Gasteiger partial charge in [-0.1, -0.05) is 26.0 Å². The number of halogens is 1. The highest BCUT2D eigenvalue weighted by Crippen LogP contribution is 2.39. The number of phenols is 1. The van der Waals surface area contributed by atoms with Gasteiger partial charge in [0.2, 0.25) is 0 Å². The molecule has 0 unspecified atom stereocenters. The average molecular weight is 287 g/mol. The van der Waals surface area contributed by atoms with Gasteiger partial charge >= 0.3 is 5.97 Å². The van der Waals surface area contributed by atoms with Gasteiger partial charge in [0.1, 0.15) is 5.75 Å². The molecule has 0 aliphatic rings. The minimum atomic E-state index is -0.850. The number of benzene rings is 1. The smallest absolute Gasteiger partial charge is 0.304 e. The molecule has 0 aromatic heterocycles. The summed E-state index contributed by atoms with van der Waals surface area (Å²) in [4.78, 5) is 10.8. The van der Waals surface area contributed by atoms with Crippen LogP contribution in [-0.2, 0) is 10.2 Å². The van der Waals surface area contributed by atoms with Crippen molar-refractivity contribution in [3.63, 3.8) is 0 Å². The normalized spacial score (nSPS) is 11.5. The van der Waals surface area contributed by atoms with Crippen LogP contribution in [0.5, 0.6) is 5.75 Å². The number of rotatable bonds is 3. The van der Waals surface area contributed by atoms with E-state index >= 15 is 0 Å². The first-order valence-corrected chi connectivity index (χ1v) is 5.75. The van der Waals surface area contributed by atoms with Crippen LogP contribution in [0.2, 0.25) is 0 Å². The highest BCUT2D eigenvalue weighted by atomic mass is 79.9. The van der Waals surface area contributed by atoms with Gasteiger partial charge in [0.15, 0.2) is 0 Å². The number of hydrogen-bond donors (Lipinski definition) is 2. The monoisotopic (exact) mass is 286 g/mol. The number of aromatic hydroxyl groups is 1. The van der Waals surface area contributed by atoms with Crippen molar-refractivity contribution >= 4 is 21.9 Å². The zero-order valence-electron chi connectivity index (χ0n) is 9.54. The molecule has 0 fully saturated rings. The van der Waals surface area contributed by atoms with Crippen molar-refractivity contribution in [3.8, 4) is 5.75 Å². The van der Waals surface area contributed by atoms with E-state index in [2.05, 4.69) is 15.9 Å². The van der Waals surface area contributed by atoms with Crippen molar-refractivity contribution in [2.45, 2.75) is 32.6 Å².